The van der Waals surface area contributed by atoms with E-state index in [-0.39, 0.29) is 42.0 Å². The fourth-order valence-electron chi connectivity index (χ4n) is 8.81. The Bertz CT molecular complexity index is 3120. The molecule has 7 aromatic rings. The lowest BCUT2D eigenvalue weighted by Gasteiger charge is -2.44. The van der Waals surface area contributed by atoms with Crippen LogP contribution >= 0.6 is 21.6 Å². The van der Waals surface area contributed by atoms with Crippen LogP contribution in [0.5, 0.6) is 0 Å². The van der Waals surface area contributed by atoms with Crippen LogP contribution < -0.4 is 0 Å². The summed E-state index contributed by atoms with van der Waals surface area (Å²) >= 11 is 0. The molecular formula is C61H56F3NO12S2. The molecule has 1 amide bonds. The summed E-state index contributed by atoms with van der Waals surface area (Å²) in [4.78, 5) is 70.6. The topological polar surface area (TPSA) is 153 Å². The number of hydrogen-bond acceptors (Lipinski definition) is 14. The van der Waals surface area contributed by atoms with Crippen molar-refractivity contribution in [2.45, 2.75) is 62.7 Å². The Morgan fingerprint density at radius 2 is 1.08 bits per heavy atom. The number of aryl methyl sites for hydroxylation is 1. The second-order valence-electron chi connectivity index (χ2n) is 18.1. The number of halogens is 3. The van der Waals surface area contributed by atoms with Gasteiger partial charge in [0.15, 0.2) is 24.6 Å². The number of hydrogen-bond donors (Lipinski definition) is 0. The Hall–Kier alpha value is -7.64. The van der Waals surface area contributed by atoms with Crippen molar-refractivity contribution in [3.05, 3.63) is 227 Å². The average Bonchev–Trinajstić information content (AvgIpc) is 3.59. The molecule has 0 spiro atoms. The highest BCUT2D eigenvalue weighted by atomic mass is 33.1. The highest BCUT2D eigenvalue weighted by molar-refractivity contribution is 8.76. The van der Waals surface area contributed by atoms with E-state index in [9.17, 15) is 37.1 Å². The minimum Gasteiger partial charge on any atom is -0.459 e. The van der Waals surface area contributed by atoms with Gasteiger partial charge in [-0.05, 0) is 96.3 Å². The molecule has 410 valence electrons. The molecule has 1 saturated heterocycles. The number of carbonyl (C=O) groups is 5. The van der Waals surface area contributed by atoms with E-state index in [0.717, 1.165) is 28.5 Å². The van der Waals surface area contributed by atoms with Crippen molar-refractivity contribution in [3.8, 4) is 0 Å². The molecule has 7 aromatic carbocycles. The van der Waals surface area contributed by atoms with Crippen molar-refractivity contribution in [2.24, 2.45) is 0 Å². The third-order valence-corrected chi connectivity index (χ3v) is 15.1. The predicted molar refractivity (Wildman–Crippen MR) is 293 cm³/mol. The lowest BCUT2D eigenvalue weighted by molar-refractivity contribution is -0.297. The Kier molecular flexibility index (Phi) is 20.6. The predicted octanol–water partition coefficient (Wildman–Crippen LogP) is 12.6. The number of amides is 1. The van der Waals surface area contributed by atoms with Gasteiger partial charge in [0.2, 0.25) is 0 Å². The van der Waals surface area contributed by atoms with Crippen molar-refractivity contribution in [1.82, 2.24) is 4.90 Å². The summed E-state index contributed by atoms with van der Waals surface area (Å²) in [6.45, 7) is 1.58. The fraction of sp³-hybridized carbons (Fsp3) is 0.262. The Morgan fingerprint density at radius 1 is 0.570 bits per heavy atom. The Labute approximate surface area is 463 Å². The number of nitrogens with zero attached hydrogens (tertiary/aromatic N) is 1. The number of esters is 4. The van der Waals surface area contributed by atoms with Crippen molar-refractivity contribution < 1.29 is 70.3 Å². The standard InChI is InChI=1S/C61H56F3NO12S2/c1-41(49-33-17-30-43-21-14-15-32-50(43)49)65(34-18-20-42-19-16-31-48(39-42)61(62,63)64)60(70)72-36-38-79-78-37-35-71-59-54(77-58(69)47-28-12-5-13-29-47)53(76-57(68)46-26-10-4-11-27-46)52(75-56(67)45-24-8-3-9-25-45)51(74-59)40-73-55(66)44-22-6-2-7-23-44/h2-17,19,21-33,39,41,51-54,59H,18,20,34-38,40H2,1H3/t41-,51-,52-,53+,54-,59-/m1/s1. The Morgan fingerprint density at radius 3 is 1.67 bits per heavy atom. The quantitative estimate of drug-likeness (QED) is 0.0258. The summed E-state index contributed by atoms with van der Waals surface area (Å²) in [7, 11) is 2.77. The summed E-state index contributed by atoms with van der Waals surface area (Å²) in [6, 6.07) is 50.7. The lowest BCUT2D eigenvalue weighted by Crippen LogP contribution is -2.63. The molecule has 1 heterocycles. The maximum atomic E-state index is 14.0. The maximum absolute atomic E-state index is 14.0. The smallest absolute Gasteiger partial charge is 0.416 e. The van der Waals surface area contributed by atoms with Crippen LogP contribution in [0.3, 0.4) is 0 Å². The minimum absolute atomic E-state index is 0.0217. The molecule has 0 unspecified atom stereocenters. The zero-order valence-electron chi connectivity index (χ0n) is 42.8. The molecule has 0 aliphatic carbocycles. The van der Waals surface area contributed by atoms with Gasteiger partial charge >= 0.3 is 36.1 Å². The van der Waals surface area contributed by atoms with Crippen molar-refractivity contribution in [3.63, 3.8) is 0 Å². The molecular weight excluding hydrogens is 1060 g/mol. The van der Waals surface area contributed by atoms with Gasteiger partial charge in [0.05, 0.1) is 40.5 Å². The van der Waals surface area contributed by atoms with E-state index in [1.807, 2.05) is 49.4 Å². The summed E-state index contributed by atoms with van der Waals surface area (Å²) in [5.41, 5.74) is 1.33. The molecule has 18 heteroatoms. The van der Waals surface area contributed by atoms with Crippen LogP contribution in [0.4, 0.5) is 18.0 Å². The number of fused-ring (bicyclic) bond motifs is 1. The SMILES string of the molecule is C[C@H](c1cccc2ccccc12)N(CCCc1cccc(C(F)(F)F)c1)C(=O)OCCSSCCO[C@@H]1O[C@H](COC(=O)c2ccccc2)[C@@H](OC(=O)c2ccccc2)[C@H](OC(=O)c2ccccc2)[C@H]1OC(=O)c1ccccc1. The number of carbonyl (C=O) groups excluding carboxylic acids is 5. The molecule has 0 bridgehead atoms. The van der Waals surface area contributed by atoms with Crippen molar-refractivity contribution in [2.75, 3.05) is 37.9 Å². The summed E-state index contributed by atoms with van der Waals surface area (Å²) < 4.78 is 83.2. The number of benzene rings is 7. The van der Waals surface area contributed by atoms with Crippen molar-refractivity contribution >= 4 is 62.3 Å². The first-order chi connectivity index (χ1) is 38.3. The molecule has 79 heavy (non-hydrogen) atoms. The molecule has 0 saturated carbocycles. The third kappa shape index (κ3) is 16.0. The van der Waals surface area contributed by atoms with Crippen LogP contribution in [-0.4, -0.2) is 103 Å². The van der Waals surface area contributed by atoms with Gasteiger partial charge in [-0.25, -0.2) is 24.0 Å². The second kappa shape index (κ2) is 28.3. The van der Waals surface area contributed by atoms with Gasteiger partial charge in [0.1, 0.15) is 19.3 Å². The second-order valence-corrected chi connectivity index (χ2v) is 20.8. The number of rotatable bonds is 23. The summed E-state index contributed by atoms with van der Waals surface area (Å²) in [6.07, 6.45) is -11.9. The Balaban J connectivity index is 0.955. The molecule has 0 N–H and O–H groups in total. The summed E-state index contributed by atoms with van der Waals surface area (Å²) in [5, 5.41) is 1.95. The highest BCUT2D eigenvalue weighted by Crippen LogP contribution is 2.34. The normalized spacial score (nSPS) is 17.4. The summed E-state index contributed by atoms with van der Waals surface area (Å²) in [5.74, 6) is -2.55. The van der Waals surface area contributed by atoms with E-state index in [2.05, 4.69) is 0 Å². The van der Waals surface area contributed by atoms with Crippen LogP contribution in [0.1, 0.15) is 77.5 Å². The van der Waals surface area contributed by atoms with Crippen LogP contribution in [0.15, 0.2) is 188 Å². The van der Waals surface area contributed by atoms with E-state index in [4.69, 9.17) is 33.2 Å². The van der Waals surface area contributed by atoms with Gasteiger partial charge in [0.25, 0.3) is 0 Å². The van der Waals surface area contributed by atoms with Crippen LogP contribution in [0.25, 0.3) is 10.8 Å². The van der Waals surface area contributed by atoms with E-state index >= 15 is 0 Å². The minimum atomic E-state index is -4.48. The number of alkyl halides is 3. The molecule has 1 fully saturated rings. The molecule has 1 aliphatic heterocycles. The maximum Gasteiger partial charge on any atom is 0.416 e. The number of ether oxygens (including phenoxy) is 7. The van der Waals surface area contributed by atoms with Gasteiger partial charge in [-0.3, -0.25) is 0 Å². The van der Waals surface area contributed by atoms with Gasteiger partial charge in [-0.15, -0.1) is 0 Å². The first-order valence-corrected chi connectivity index (χ1v) is 27.9. The van der Waals surface area contributed by atoms with Crippen LogP contribution in [0, 0.1) is 0 Å². The third-order valence-electron chi connectivity index (χ3n) is 12.8. The van der Waals surface area contributed by atoms with Gasteiger partial charge in [0, 0.05) is 18.1 Å². The molecule has 8 rings (SSSR count). The first kappa shape index (κ1) is 57.5. The first-order valence-electron chi connectivity index (χ1n) is 25.4. The highest BCUT2D eigenvalue weighted by Gasteiger charge is 2.54. The monoisotopic (exact) mass is 1120 g/mol. The molecule has 0 aromatic heterocycles. The van der Waals surface area contributed by atoms with Gasteiger partial charge < -0.3 is 38.1 Å². The molecule has 0 radical (unpaired) electrons. The van der Waals surface area contributed by atoms with E-state index < -0.39 is 85.1 Å². The van der Waals surface area contributed by atoms with E-state index in [0.29, 0.717) is 29.9 Å². The van der Waals surface area contributed by atoms with E-state index in [1.54, 1.807) is 95.9 Å². The molecule has 1 aliphatic rings. The lowest BCUT2D eigenvalue weighted by atomic mass is 9.97. The fourth-order valence-corrected chi connectivity index (χ4v) is 10.5. The van der Waals surface area contributed by atoms with Crippen LogP contribution in [0.2, 0.25) is 0 Å². The van der Waals surface area contributed by atoms with Crippen molar-refractivity contribution in [1.29, 1.82) is 0 Å². The van der Waals surface area contributed by atoms with Crippen LogP contribution in [-0.2, 0) is 45.8 Å². The zero-order chi connectivity index (χ0) is 55.6. The molecule has 6 atom stereocenters. The molecule has 13 nitrogen and oxygen atoms in total. The van der Waals surface area contributed by atoms with Gasteiger partial charge in [-0.1, -0.05) is 155 Å². The average molecular weight is 1120 g/mol. The van der Waals surface area contributed by atoms with Gasteiger partial charge in [-0.2, -0.15) is 13.2 Å². The zero-order valence-corrected chi connectivity index (χ0v) is 44.4. The van der Waals surface area contributed by atoms with E-state index in [1.165, 1.54) is 64.1 Å². The largest absolute Gasteiger partial charge is 0.459 e.